The van der Waals surface area contributed by atoms with E-state index < -0.39 is 0 Å². The number of rotatable bonds is 4. The van der Waals surface area contributed by atoms with Gasteiger partial charge in [0.05, 0.1) is 5.69 Å². The third-order valence-corrected chi connectivity index (χ3v) is 4.95. The van der Waals surface area contributed by atoms with E-state index in [1.807, 2.05) is 0 Å². The highest BCUT2D eigenvalue weighted by Crippen LogP contribution is 2.26. The van der Waals surface area contributed by atoms with Crippen LogP contribution in [0, 0.1) is 12.8 Å². The summed E-state index contributed by atoms with van der Waals surface area (Å²) in [5.41, 5.74) is 2.47. The number of aromatic nitrogens is 1. The zero-order valence-corrected chi connectivity index (χ0v) is 12.9. The molecule has 0 amide bonds. The number of hydrogen-bond donors (Lipinski definition) is 0. The Hall–Kier alpha value is -1.55. The molecule has 0 bridgehead atoms. The first-order valence-electron chi connectivity index (χ1n) is 7.15. The molecule has 1 fully saturated rings. The molecule has 0 saturated carbocycles. The summed E-state index contributed by atoms with van der Waals surface area (Å²) in [6, 6.07) is 10.7. The fraction of sp³-hybridized carbons (Fsp3) is 0.438. The maximum Gasteiger partial charge on any atom is 0.185 e. The van der Waals surface area contributed by atoms with Crippen molar-refractivity contribution in [1.29, 1.82) is 0 Å². The normalized spacial score (nSPS) is 18.5. The maximum atomic E-state index is 4.56. The van der Waals surface area contributed by atoms with Crippen molar-refractivity contribution in [1.82, 2.24) is 4.98 Å². The second-order valence-electron chi connectivity index (χ2n) is 5.59. The number of aryl methyl sites for hydroxylation is 1. The van der Waals surface area contributed by atoms with Gasteiger partial charge in [0.1, 0.15) is 0 Å². The lowest BCUT2D eigenvalue weighted by molar-refractivity contribution is 0.583. The van der Waals surface area contributed by atoms with Gasteiger partial charge in [0.2, 0.25) is 0 Å². The highest BCUT2D eigenvalue weighted by Gasteiger charge is 2.24. The van der Waals surface area contributed by atoms with Gasteiger partial charge in [-0.05, 0) is 31.4 Å². The molecule has 1 aromatic heterocycles. The second-order valence-corrected chi connectivity index (χ2v) is 6.42. The summed E-state index contributed by atoms with van der Waals surface area (Å²) in [7, 11) is 2.16. The van der Waals surface area contributed by atoms with E-state index in [1.165, 1.54) is 18.7 Å². The molecule has 1 aliphatic rings. The van der Waals surface area contributed by atoms with Crippen molar-refractivity contribution in [3.8, 4) is 0 Å². The average molecular weight is 287 g/mol. The van der Waals surface area contributed by atoms with Crippen LogP contribution in [0.15, 0.2) is 35.7 Å². The molecule has 4 heteroatoms. The standard InChI is InChI=1S/C16H21N3S/c1-13-12-20-16(17-13)18(2)10-14-8-9-19(11-14)15-6-4-3-5-7-15/h3-7,12,14H,8-11H2,1-2H3/t14-/m1/s1. The van der Waals surface area contributed by atoms with E-state index in [-0.39, 0.29) is 0 Å². The predicted octanol–water partition coefficient (Wildman–Crippen LogP) is 3.41. The Morgan fingerprint density at radius 1 is 1.35 bits per heavy atom. The lowest BCUT2D eigenvalue weighted by atomic mass is 10.1. The number of benzene rings is 1. The molecule has 1 saturated heterocycles. The third kappa shape index (κ3) is 2.96. The Morgan fingerprint density at radius 3 is 2.85 bits per heavy atom. The first kappa shape index (κ1) is 13.4. The lowest BCUT2D eigenvalue weighted by Crippen LogP contribution is -2.28. The predicted molar refractivity (Wildman–Crippen MR) is 86.9 cm³/mol. The Labute approximate surface area is 124 Å². The Kier molecular flexibility index (Phi) is 3.92. The van der Waals surface area contributed by atoms with E-state index >= 15 is 0 Å². The fourth-order valence-electron chi connectivity index (χ4n) is 2.84. The zero-order chi connectivity index (χ0) is 13.9. The minimum Gasteiger partial charge on any atom is -0.371 e. The van der Waals surface area contributed by atoms with Gasteiger partial charge in [-0.2, -0.15) is 0 Å². The van der Waals surface area contributed by atoms with Gasteiger partial charge in [-0.15, -0.1) is 11.3 Å². The van der Waals surface area contributed by atoms with Crippen LogP contribution in [0.4, 0.5) is 10.8 Å². The number of anilines is 2. The fourth-order valence-corrected chi connectivity index (χ4v) is 3.62. The van der Waals surface area contributed by atoms with E-state index in [2.05, 4.69) is 64.5 Å². The number of nitrogens with zero attached hydrogens (tertiary/aromatic N) is 3. The monoisotopic (exact) mass is 287 g/mol. The molecule has 0 aliphatic carbocycles. The molecule has 2 heterocycles. The molecule has 1 aliphatic heterocycles. The van der Waals surface area contributed by atoms with E-state index in [1.54, 1.807) is 11.3 Å². The number of hydrogen-bond acceptors (Lipinski definition) is 4. The first-order valence-corrected chi connectivity index (χ1v) is 8.03. The lowest BCUT2D eigenvalue weighted by Gasteiger charge is -2.22. The van der Waals surface area contributed by atoms with Crippen molar-refractivity contribution in [2.45, 2.75) is 13.3 Å². The molecule has 0 unspecified atom stereocenters. The third-order valence-electron chi connectivity index (χ3n) is 3.87. The second kappa shape index (κ2) is 5.83. The van der Waals surface area contributed by atoms with E-state index in [9.17, 15) is 0 Å². The van der Waals surface area contributed by atoms with E-state index in [4.69, 9.17) is 0 Å². The van der Waals surface area contributed by atoms with Crippen molar-refractivity contribution in [3.63, 3.8) is 0 Å². The smallest absolute Gasteiger partial charge is 0.185 e. The van der Waals surface area contributed by atoms with Gasteiger partial charge >= 0.3 is 0 Å². The molecule has 3 rings (SSSR count). The Bertz CT molecular complexity index is 552. The summed E-state index contributed by atoms with van der Waals surface area (Å²) in [5, 5.41) is 3.26. The molecule has 0 spiro atoms. The molecule has 0 radical (unpaired) electrons. The van der Waals surface area contributed by atoms with Crippen molar-refractivity contribution in [2.24, 2.45) is 5.92 Å². The SMILES string of the molecule is Cc1csc(N(C)C[C@H]2CCN(c3ccccc3)C2)n1. The van der Waals surface area contributed by atoms with Gasteiger partial charge in [0.15, 0.2) is 5.13 Å². The summed E-state index contributed by atoms with van der Waals surface area (Å²) in [6.07, 6.45) is 1.27. The highest BCUT2D eigenvalue weighted by atomic mass is 32.1. The van der Waals surface area contributed by atoms with Gasteiger partial charge in [-0.3, -0.25) is 0 Å². The largest absolute Gasteiger partial charge is 0.371 e. The van der Waals surface area contributed by atoms with Crippen molar-refractivity contribution in [3.05, 3.63) is 41.4 Å². The van der Waals surface area contributed by atoms with Crippen molar-refractivity contribution >= 4 is 22.2 Å². The molecule has 2 aromatic rings. The molecular formula is C16H21N3S. The minimum absolute atomic E-state index is 0.726. The molecular weight excluding hydrogens is 266 g/mol. The van der Waals surface area contributed by atoms with Crippen LogP contribution in [-0.2, 0) is 0 Å². The molecule has 3 nitrogen and oxygen atoms in total. The summed E-state index contributed by atoms with van der Waals surface area (Å²) >= 11 is 1.74. The van der Waals surface area contributed by atoms with Crippen LogP contribution >= 0.6 is 11.3 Å². The van der Waals surface area contributed by atoms with E-state index in [0.29, 0.717) is 0 Å². The quantitative estimate of drug-likeness (QED) is 0.859. The van der Waals surface area contributed by atoms with Crippen molar-refractivity contribution in [2.75, 3.05) is 36.5 Å². The highest BCUT2D eigenvalue weighted by molar-refractivity contribution is 7.13. The summed E-state index contributed by atoms with van der Waals surface area (Å²) < 4.78 is 0. The van der Waals surface area contributed by atoms with Crippen LogP contribution in [-0.4, -0.2) is 31.7 Å². The average Bonchev–Trinajstić information content (AvgIpc) is 3.09. The molecule has 20 heavy (non-hydrogen) atoms. The molecule has 106 valence electrons. The molecule has 1 aromatic carbocycles. The van der Waals surface area contributed by atoms with Gasteiger partial charge in [-0.1, -0.05) is 18.2 Å². The van der Waals surface area contributed by atoms with Gasteiger partial charge < -0.3 is 9.80 Å². The van der Waals surface area contributed by atoms with Crippen LogP contribution < -0.4 is 9.80 Å². The van der Waals surface area contributed by atoms with Crippen LogP contribution in [0.25, 0.3) is 0 Å². The van der Waals surface area contributed by atoms with Crippen LogP contribution in [0.5, 0.6) is 0 Å². The summed E-state index contributed by atoms with van der Waals surface area (Å²) in [5.74, 6) is 0.726. The maximum absolute atomic E-state index is 4.56. The van der Waals surface area contributed by atoms with Gasteiger partial charge in [0.25, 0.3) is 0 Å². The van der Waals surface area contributed by atoms with Crippen LogP contribution in [0.1, 0.15) is 12.1 Å². The topological polar surface area (TPSA) is 19.4 Å². The van der Waals surface area contributed by atoms with Crippen molar-refractivity contribution < 1.29 is 0 Å². The number of para-hydroxylation sites is 1. The van der Waals surface area contributed by atoms with Crippen LogP contribution in [0.3, 0.4) is 0 Å². The van der Waals surface area contributed by atoms with Gasteiger partial charge in [0, 0.05) is 37.7 Å². The van der Waals surface area contributed by atoms with Gasteiger partial charge in [-0.25, -0.2) is 4.98 Å². The minimum atomic E-state index is 0.726. The summed E-state index contributed by atoms with van der Waals surface area (Å²) in [4.78, 5) is 9.35. The summed E-state index contributed by atoms with van der Waals surface area (Å²) in [6.45, 7) is 5.47. The Morgan fingerprint density at radius 2 is 2.15 bits per heavy atom. The van der Waals surface area contributed by atoms with E-state index in [0.717, 1.165) is 29.8 Å². The van der Waals surface area contributed by atoms with Crippen LogP contribution in [0.2, 0.25) is 0 Å². The first-order chi connectivity index (χ1) is 9.72. The zero-order valence-electron chi connectivity index (χ0n) is 12.1. The number of thiazole rings is 1. The molecule has 1 atom stereocenters. The Balaban J connectivity index is 1.58. The molecule has 0 N–H and O–H groups in total.